The van der Waals surface area contributed by atoms with E-state index < -0.39 is 0 Å². The lowest BCUT2D eigenvalue weighted by Crippen LogP contribution is -1.68. The Morgan fingerprint density at radius 3 is 2.08 bits per heavy atom. The van der Waals surface area contributed by atoms with Gasteiger partial charge in [-0.1, -0.05) is 48.6 Å². The minimum Gasteiger partial charge on any atom is -0.0876 e. The molecule has 0 atom stereocenters. The van der Waals surface area contributed by atoms with E-state index in [0.29, 0.717) is 0 Å². The fraction of sp³-hybridized carbons (Fsp3) is 0.250. The molecule has 0 heterocycles. The van der Waals surface area contributed by atoms with E-state index in [1.165, 1.54) is 0 Å². The molecular formula is C12H15. The summed E-state index contributed by atoms with van der Waals surface area (Å²) in [6.07, 6.45) is 22.5. The average molecular weight is 159 g/mol. The summed E-state index contributed by atoms with van der Waals surface area (Å²) in [7, 11) is 0. The molecule has 1 aliphatic carbocycles. The zero-order valence-electron chi connectivity index (χ0n) is 7.32. The molecule has 0 aromatic heterocycles. The second-order valence-corrected chi connectivity index (χ2v) is 2.72. The van der Waals surface area contributed by atoms with Crippen LogP contribution in [0.25, 0.3) is 0 Å². The standard InChI is InChI=1S/C12H15/c1-2-4-6-8-10-12-11-9-7-5-3-1/h1-5,8,10-12H,6-7,9H2/b4-2-,5-3+,10-8-,12-11+. The van der Waals surface area contributed by atoms with Gasteiger partial charge in [0, 0.05) is 6.42 Å². The lowest BCUT2D eigenvalue weighted by molar-refractivity contribution is 1.05. The first-order valence-electron chi connectivity index (χ1n) is 4.47. The molecule has 0 N–H and O–H groups in total. The Morgan fingerprint density at radius 2 is 1.17 bits per heavy atom. The maximum absolute atomic E-state index is 2.20. The van der Waals surface area contributed by atoms with Crippen molar-refractivity contribution in [3.8, 4) is 0 Å². The van der Waals surface area contributed by atoms with Gasteiger partial charge in [0.15, 0.2) is 0 Å². The van der Waals surface area contributed by atoms with E-state index in [4.69, 9.17) is 0 Å². The Morgan fingerprint density at radius 1 is 0.583 bits per heavy atom. The first kappa shape index (κ1) is 9.05. The molecule has 0 aromatic carbocycles. The highest BCUT2D eigenvalue weighted by atomic mass is 13.8. The second kappa shape index (κ2) is 6.66. The van der Waals surface area contributed by atoms with E-state index in [0.717, 1.165) is 19.3 Å². The molecule has 1 rings (SSSR count). The van der Waals surface area contributed by atoms with Crippen LogP contribution in [0.3, 0.4) is 0 Å². The topological polar surface area (TPSA) is 0 Å². The summed E-state index contributed by atoms with van der Waals surface area (Å²) < 4.78 is 0. The van der Waals surface area contributed by atoms with Crippen LogP contribution in [0.1, 0.15) is 19.3 Å². The van der Waals surface area contributed by atoms with E-state index in [-0.39, 0.29) is 0 Å². The molecule has 0 heteroatoms. The highest BCUT2D eigenvalue weighted by Crippen LogP contribution is 1.97. The van der Waals surface area contributed by atoms with Gasteiger partial charge in [-0.3, -0.25) is 0 Å². The van der Waals surface area contributed by atoms with Crippen LogP contribution < -0.4 is 0 Å². The predicted octanol–water partition coefficient (Wildman–Crippen LogP) is 3.60. The van der Waals surface area contributed by atoms with Gasteiger partial charge in [0.05, 0.1) is 0 Å². The molecule has 0 bridgehead atoms. The third kappa shape index (κ3) is 4.73. The van der Waals surface area contributed by atoms with Crippen molar-refractivity contribution < 1.29 is 0 Å². The Hall–Kier alpha value is -1.04. The first-order chi connectivity index (χ1) is 6.00. The molecule has 0 saturated carbocycles. The zero-order valence-corrected chi connectivity index (χ0v) is 7.32. The molecule has 0 spiro atoms. The normalized spacial score (nSPS) is 29.3. The van der Waals surface area contributed by atoms with Crippen LogP contribution in [0.5, 0.6) is 0 Å². The number of hydrogen-bond acceptors (Lipinski definition) is 0. The number of hydrogen-bond donors (Lipinski definition) is 0. The molecule has 0 nitrogen and oxygen atoms in total. The molecule has 0 saturated heterocycles. The van der Waals surface area contributed by atoms with Crippen molar-refractivity contribution in [1.29, 1.82) is 0 Å². The van der Waals surface area contributed by atoms with E-state index in [9.17, 15) is 0 Å². The summed E-state index contributed by atoms with van der Waals surface area (Å²) in [6, 6.07) is 0. The van der Waals surface area contributed by atoms with Gasteiger partial charge < -0.3 is 0 Å². The average Bonchev–Trinajstić information content (AvgIpc) is 2.05. The van der Waals surface area contributed by atoms with Gasteiger partial charge in [-0.2, -0.15) is 0 Å². The van der Waals surface area contributed by atoms with Gasteiger partial charge in [-0.15, -0.1) is 0 Å². The summed E-state index contributed by atoms with van der Waals surface area (Å²) in [4.78, 5) is 0. The monoisotopic (exact) mass is 159 g/mol. The minimum atomic E-state index is 1.02. The van der Waals surface area contributed by atoms with Crippen LogP contribution in [0, 0.1) is 6.42 Å². The van der Waals surface area contributed by atoms with Crippen molar-refractivity contribution in [1.82, 2.24) is 0 Å². The highest BCUT2D eigenvalue weighted by Gasteiger charge is 1.78. The molecule has 0 fully saturated rings. The second-order valence-electron chi connectivity index (χ2n) is 2.72. The maximum atomic E-state index is 2.20. The smallest absolute Gasteiger partial charge is 0.00442 e. The van der Waals surface area contributed by atoms with E-state index >= 15 is 0 Å². The SMILES string of the molecule is [CH]1/C=C\C/C=C\C=C\CC/C=C/1. The molecule has 12 heavy (non-hydrogen) atoms. The summed E-state index contributed by atoms with van der Waals surface area (Å²) in [5.41, 5.74) is 0. The van der Waals surface area contributed by atoms with Gasteiger partial charge in [0.2, 0.25) is 0 Å². The Balaban J connectivity index is 2.41. The van der Waals surface area contributed by atoms with Crippen molar-refractivity contribution in [3.63, 3.8) is 0 Å². The fourth-order valence-electron chi connectivity index (χ4n) is 0.999. The van der Waals surface area contributed by atoms with Crippen LogP contribution in [-0.2, 0) is 0 Å². The van der Waals surface area contributed by atoms with Crippen molar-refractivity contribution in [2.24, 2.45) is 0 Å². The molecule has 0 aliphatic heterocycles. The van der Waals surface area contributed by atoms with Gasteiger partial charge >= 0.3 is 0 Å². The van der Waals surface area contributed by atoms with E-state index in [1.807, 2.05) is 0 Å². The first-order valence-corrected chi connectivity index (χ1v) is 4.47. The third-order valence-corrected chi connectivity index (χ3v) is 1.65. The van der Waals surface area contributed by atoms with Crippen LogP contribution in [-0.4, -0.2) is 0 Å². The lowest BCUT2D eigenvalue weighted by atomic mass is 10.2. The van der Waals surface area contributed by atoms with Crippen LogP contribution >= 0.6 is 0 Å². The molecular weight excluding hydrogens is 144 g/mol. The molecule has 1 aliphatic rings. The van der Waals surface area contributed by atoms with Gasteiger partial charge in [0.1, 0.15) is 0 Å². The summed E-state index contributed by atoms with van der Waals surface area (Å²) >= 11 is 0. The molecule has 0 aromatic rings. The van der Waals surface area contributed by atoms with Crippen molar-refractivity contribution >= 4 is 0 Å². The van der Waals surface area contributed by atoms with E-state index in [2.05, 4.69) is 55.0 Å². The third-order valence-electron chi connectivity index (χ3n) is 1.65. The molecule has 0 amide bonds. The molecule has 0 unspecified atom stereocenters. The van der Waals surface area contributed by atoms with Gasteiger partial charge in [-0.05, 0) is 19.3 Å². The lowest BCUT2D eigenvalue weighted by Gasteiger charge is -1.87. The number of allylic oxidation sites excluding steroid dienone is 8. The highest BCUT2D eigenvalue weighted by molar-refractivity contribution is 5.12. The summed E-state index contributed by atoms with van der Waals surface area (Å²) in [5.74, 6) is 0. The van der Waals surface area contributed by atoms with Crippen molar-refractivity contribution in [2.45, 2.75) is 19.3 Å². The summed E-state index contributed by atoms with van der Waals surface area (Å²) in [6.45, 7) is 0. The van der Waals surface area contributed by atoms with Crippen LogP contribution in [0.2, 0.25) is 0 Å². The molecule has 1 radical (unpaired) electrons. The van der Waals surface area contributed by atoms with Crippen molar-refractivity contribution in [3.05, 3.63) is 55.0 Å². The van der Waals surface area contributed by atoms with Gasteiger partial charge in [-0.25, -0.2) is 0 Å². The Kier molecular flexibility index (Phi) is 5.02. The fourth-order valence-corrected chi connectivity index (χ4v) is 0.999. The summed E-state index contributed by atoms with van der Waals surface area (Å²) in [5, 5.41) is 0. The Bertz CT molecular complexity index is 204. The van der Waals surface area contributed by atoms with Crippen molar-refractivity contribution in [2.75, 3.05) is 0 Å². The maximum Gasteiger partial charge on any atom is 0.00442 e. The Labute approximate surface area is 75.0 Å². The van der Waals surface area contributed by atoms with E-state index in [1.54, 1.807) is 0 Å². The largest absolute Gasteiger partial charge is 0.0876 e. The van der Waals surface area contributed by atoms with Crippen LogP contribution in [0.15, 0.2) is 48.6 Å². The minimum absolute atomic E-state index is 1.02. The predicted molar refractivity (Wildman–Crippen MR) is 54.7 cm³/mol. The quantitative estimate of drug-likeness (QED) is 0.506. The zero-order chi connectivity index (χ0) is 8.49. The van der Waals surface area contributed by atoms with Crippen LogP contribution in [0.4, 0.5) is 0 Å². The molecule has 63 valence electrons. The van der Waals surface area contributed by atoms with Gasteiger partial charge in [0.25, 0.3) is 0 Å². The number of rotatable bonds is 0.